The minimum atomic E-state index is -0.0402. The van der Waals surface area contributed by atoms with Crippen LogP contribution in [0.2, 0.25) is 0 Å². The fourth-order valence-corrected chi connectivity index (χ4v) is 3.44. The molecule has 1 aliphatic rings. The van der Waals surface area contributed by atoms with Gasteiger partial charge < -0.3 is 14.5 Å². The predicted octanol–water partition coefficient (Wildman–Crippen LogP) is 4.08. The van der Waals surface area contributed by atoms with Gasteiger partial charge >= 0.3 is 5.97 Å². The third kappa shape index (κ3) is 4.06. The van der Waals surface area contributed by atoms with Gasteiger partial charge in [-0.1, -0.05) is 30.3 Å². The van der Waals surface area contributed by atoms with E-state index in [1.165, 1.54) is 5.56 Å². The standard InChI is InChI=1S/C20H25NO3/c1-2-23-20(22)16-10-12-17(13-11-16)21-19(18-9-6-14-24-18)15-7-4-3-5-8-15/h3-9,14,16-17,19,21H,2,10-13H2,1H3. The Balaban J connectivity index is 1.64. The molecule has 1 heterocycles. The second-order valence-corrected chi connectivity index (χ2v) is 6.33. The number of hydrogen-bond donors (Lipinski definition) is 1. The highest BCUT2D eigenvalue weighted by Gasteiger charge is 2.29. The number of ether oxygens (including phenoxy) is 1. The van der Waals surface area contributed by atoms with E-state index in [1.807, 2.05) is 37.3 Å². The molecule has 1 N–H and O–H groups in total. The van der Waals surface area contributed by atoms with Crippen LogP contribution >= 0.6 is 0 Å². The van der Waals surface area contributed by atoms with E-state index in [0.29, 0.717) is 12.6 Å². The minimum Gasteiger partial charge on any atom is -0.467 e. The first-order valence-corrected chi connectivity index (χ1v) is 8.79. The lowest BCUT2D eigenvalue weighted by Gasteiger charge is -2.31. The quantitative estimate of drug-likeness (QED) is 0.812. The number of rotatable bonds is 6. The molecule has 1 atom stereocenters. The monoisotopic (exact) mass is 327 g/mol. The molecule has 0 aliphatic heterocycles. The maximum atomic E-state index is 11.9. The summed E-state index contributed by atoms with van der Waals surface area (Å²) in [5.41, 5.74) is 1.19. The van der Waals surface area contributed by atoms with Crippen molar-refractivity contribution in [1.82, 2.24) is 5.32 Å². The van der Waals surface area contributed by atoms with Crippen LogP contribution in [0.15, 0.2) is 53.1 Å². The van der Waals surface area contributed by atoms with E-state index in [2.05, 4.69) is 17.4 Å². The summed E-state index contributed by atoms with van der Waals surface area (Å²) in [6.45, 7) is 2.32. The van der Waals surface area contributed by atoms with Crippen molar-refractivity contribution in [2.45, 2.75) is 44.7 Å². The molecule has 1 aromatic carbocycles. The van der Waals surface area contributed by atoms with Crippen LogP contribution in [0, 0.1) is 5.92 Å². The van der Waals surface area contributed by atoms with E-state index in [4.69, 9.17) is 9.15 Å². The van der Waals surface area contributed by atoms with Gasteiger partial charge in [0.2, 0.25) is 0 Å². The molecule has 0 bridgehead atoms. The molecule has 3 rings (SSSR count). The number of furan rings is 1. The van der Waals surface area contributed by atoms with E-state index >= 15 is 0 Å². The van der Waals surface area contributed by atoms with Gasteiger partial charge in [0.25, 0.3) is 0 Å². The molecule has 4 nitrogen and oxygen atoms in total. The predicted molar refractivity (Wildman–Crippen MR) is 92.5 cm³/mol. The van der Waals surface area contributed by atoms with Crippen LogP contribution in [0.4, 0.5) is 0 Å². The summed E-state index contributed by atoms with van der Waals surface area (Å²) in [5, 5.41) is 3.72. The molecule has 1 saturated carbocycles. The Labute approximate surface area is 143 Å². The molecule has 128 valence electrons. The first kappa shape index (κ1) is 16.8. The molecule has 1 aliphatic carbocycles. The van der Waals surface area contributed by atoms with E-state index < -0.39 is 0 Å². The van der Waals surface area contributed by atoms with Gasteiger partial charge in [-0.15, -0.1) is 0 Å². The summed E-state index contributed by atoms with van der Waals surface area (Å²) >= 11 is 0. The van der Waals surface area contributed by atoms with Crippen LogP contribution in [-0.2, 0) is 9.53 Å². The Morgan fingerprint density at radius 3 is 2.54 bits per heavy atom. The SMILES string of the molecule is CCOC(=O)C1CCC(NC(c2ccccc2)c2ccco2)CC1. The third-order valence-corrected chi connectivity index (χ3v) is 4.71. The van der Waals surface area contributed by atoms with Crippen LogP contribution in [0.25, 0.3) is 0 Å². The molecule has 2 aromatic rings. The minimum absolute atomic E-state index is 0.0402. The first-order valence-electron chi connectivity index (χ1n) is 8.79. The molecule has 0 amide bonds. The van der Waals surface area contributed by atoms with Crippen molar-refractivity contribution in [2.75, 3.05) is 6.61 Å². The number of benzene rings is 1. The highest BCUT2D eigenvalue weighted by molar-refractivity contribution is 5.72. The molecular formula is C20H25NO3. The van der Waals surface area contributed by atoms with E-state index in [-0.39, 0.29) is 17.9 Å². The molecule has 24 heavy (non-hydrogen) atoms. The van der Waals surface area contributed by atoms with E-state index in [0.717, 1.165) is 31.4 Å². The van der Waals surface area contributed by atoms with Gasteiger partial charge in [0.05, 0.1) is 24.8 Å². The smallest absolute Gasteiger partial charge is 0.308 e. The number of esters is 1. The number of hydrogen-bond acceptors (Lipinski definition) is 4. The fourth-order valence-electron chi connectivity index (χ4n) is 3.44. The third-order valence-electron chi connectivity index (χ3n) is 4.71. The molecule has 0 saturated heterocycles. The number of carbonyl (C=O) groups is 1. The maximum Gasteiger partial charge on any atom is 0.308 e. The lowest BCUT2D eigenvalue weighted by atomic mass is 9.85. The zero-order chi connectivity index (χ0) is 16.8. The van der Waals surface area contributed by atoms with Crippen LogP contribution in [0.5, 0.6) is 0 Å². The average Bonchev–Trinajstić information content (AvgIpc) is 3.15. The summed E-state index contributed by atoms with van der Waals surface area (Å²) in [7, 11) is 0. The van der Waals surface area contributed by atoms with E-state index in [1.54, 1.807) is 6.26 Å². The average molecular weight is 327 g/mol. The normalized spacial score (nSPS) is 22.0. The summed E-state index contributed by atoms with van der Waals surface area (Å²) in [5.74, 6) is 0.942. The van der Waals surface area contributed by atoms with Crippen molar-refractivity contribution in [2.24, 2.45) is 5.92 Å². The van der Waals surface area contributed by atoms with Crippen LogP contribution in [-0.4, -0.2) is 18.6 Å². The first-order chi connectivity index (χ1) is 11.8. The molecule has 1 unspecified atom stereocenters. The van der Waals surface area contributed by atoms with Gasteiger partial charge in [0, 0.05) is 6.04 Å². The fraction of sp³-hybridized carbons (Fsp3) is 0.450. The van der Waals surface area contributed by atoms with Gasteiger partial charge in [-0.05, 0) is 50.3 Å². The highest BCUT2D eigenvalue weighted by Crippen LogP contribution is 2.29. The van der Waals surface area contributed by atoms with Crippen molar-refractivity contribution in [3.63, 3.8) is 0 Å². The van der Waals surface area contributed by atoms with Gasteiger partial charge in [-0.25, -0.2) is 0 Å². The molecule has 1 aromatic heterocycles. The topological polar surface area (TPSA) is 51.5 Å². The molecule has 0 radical (unpaired) electrons. The van der Waals surface area contributed by atoms with Gasteiger partial charge in [0.1, 0.15) is 5.76 Å². The van der Waals surface area contributed by atoms with Crippen molar-refractivity contribution in [3.05, 3.63) is 60.1 Å². The van der Waals surface area contributed by atoms with Crippen molar-refractivity contribution in [3.8, 4) is 0 Å². The summed E-state index contributed by atoms with van der Waals surface area (Å²) in [4.78, 5) is 11.9. The Kier molecular flexibility index (Phi) is 5.70. The maximum absolute atomic E-state index is 11.9. The van der Waals surface area contributed by atoms with Gasteiger partial charge in [-0.3, -0.25) is 4.79 Å². The summed E-state index contributed by atoms with van der Waals surface area (Å²) in [6, 6.07) is 14.7. The van der Waals surface area contributed by atoms with Crippen molar-refractivity contribution >= 4 is 5.97 Å². The second-order valence-electron chi connectivity index (χ2n) is 6.33. The largest absolute Gasteiger partial charge is 0.467 e. The van der Waals surface area contributed by atoms with Crippen LogP contribution in [0.1, 0.15) is 50.0 Å². The highest BCUT2D eigenvalue weighted by atomic mass is 16.5. The lowest BCUT2D eigenvalue weighted by Crippen LogP contribution is -2.38. The number of carbonyl (C=O) groups excluding carboxylic acids is 1. The second kappa shape index (κ2) is 8.15. The van der Waals surface area contributed by atoms with Crippen molar-refractivity contribution < 1.29 is 13.9 Å². The van der Waals surface area contributed by atoms with Crippen molar-refractivity contribution in [1.29, 1.82) is 0 Å². The van der Waals surface area contributed by atoms with Crippen LogP contribution < -0.4 is 5.32 Å². The Morgan fingerprint density at radius 2 is 1.92 bits per heavy atom. The molecular weight excluding hydrogens is 302 g/mol. The lowest BCUT2D eigenvalue weighted by molar-refractivity contribution is -0.149. The van der Waals surface area contributed by atoms with Gasteiger partial charge in [-0.2, -0.15) is 0 Å². The van der Waals surface area contributed by atoms with Gasteiger partial charge in [0.15, 0.2) is 0 Å². The van der Waals surface area contributed by atoms with E-state index in [9.17, 15) is 4.79 Å². The van der Waals surface area contributed by atoms with Crippen LogP contribution in [0.3, 0.4) is 0 Å². The zero-order valence-corrected chi connectivity index (χ0v) is 14.1. The molecule has 4 heteroatoms. The molecule has 1 fully saturated rings. The number of nitrogens with one attached hydrogen (secondary N) is 1. The zero-order valence-electron chi connectivity index (χ0n) is 14.1. The Bertz CT molecular complexity index is 616. The summed E-state index contributed by atoms with van der Waals surface area (Å²) < 4.78 is 10.8. The molecule has 0 spiro atoms. The Hall–Kier alpha value is -2.07. The summed E-state index contributed by atoms with van der Waals surface area (Å²) in [6.07, 6.45) is 5.44. The Morgan fingerprint density at radius 1 is 1.17 bits per heavy atom.